The molecule has 1 aromatic carbocycles. The lowest BCUT2D eigenvalue weighted by atomic mass is 10.1. The number of thiophene rings is 1. The predicted octanol–water partition coefficient (Wildman–Crippen LogP) is 3.75. The summed E-state index contributed by atoms with van der Waals surface area (Å²) in [5, 5.41) is 3.16. The highest BCUT2D eigenvalue weighted by atomic mass is 32.1. The maximum Gasteiger partial charge on any atom is 0.0817 e. The van der Waals surface area contributed by atoms with Gasteiger partial charge in [0.15, 0.2) is 0 Å². The van der Waals surface area contributed by atoms with Crippen LogP contribution in [0.4, 0.5) is 0 Å². The van der Waals surface area contributed by atoms with Crippen molar-refractivity contribution in [3.05, 3.63) is 57.8 Å². The predicted molar refractivity (Wildman–Crippen MR) is 76.7 cm³/mol. The Morgan fingerprint density at radius 2 is 1.83 bits per heavy atom. The summed E-state index contributed by atoms with van der Waals surface area (Å²) in [6, 6.07) is 14.6. The van der Waals surface area contributed by atoms with Gasteiger partial charge in [-0.05, 0) is 31.7 Å². The minimum absolute atomic E-state index is 0.140. The van der Waals surface area contributed by atoms with Crippen molar-refractivity contribution < 1.29 is 4.74 Å². The number of hydrogen-bond donors (Lipinski definition) is 1. The molecular formula is C15H19NOS. The molecule has 18 heavy (non-hydrogen) atoms. The first kappa shape index (κ1) is 13.3. The molecule has 1 aromatic heterocycles. The molecule has 1 atom stereocenters. The monoisotopic (exact) mass is 261 g/mol. The van der Waals surface area contributed by atoms with Gasteiger partial charge in [-0.3, -0.25) is 0 Å². The van der Waals surface area contributed by atoms with E-state index in [4.69, 9.17) is 4.74 Å². The van der Waals surface area contributed by atoms with Crippen molar-refractivity contribution in [1.29, 1.82) is 0 Å². The molecule has 0 aliphatic heterocycles. The summed E-state index contributed by atoms with van der Waals surface area (Å²) in [5.74, 6) is 0. The Balaban J connectivity index is 1.87. The molecule has 0 saturated carbocycles. The van der Waals surface area contributed by atoms with E-state index in [0.29, 0.717) is 6.61 Å². The maximum absolute atomic E-state index is 5.90. The Hall–Kier alpha value is -1.16. The fraction of sp³-hybridized carbons (Fsp3) is 0.333. The second-order valence-corrected chi connectivity index (χ2v) is 5.52. The summed E-state index contributed by atoms with van der Waals surface area (Å²) in [6.45, 7) is 3.71. The van der Waals surface area contributed by atoms with Crippen LogP contribution in [0.15, 0.2) is 42.5 Å². The van der Waals surface area contributed by atoms with Gasteiger partial charge in [-0.25, -0.2) is 0 Å². The van der Waals surface area contributed by atoms with E-state index in [1.54, 1.807) is 0 Å². The first-order chi connectivity index (χ1) is 8.79. The number of hydrogen-bond acceptors (Lipinski definition) is 3. The van der Waals surface area contributed by atoms with Gasteiger partial charge in [0.05, 0.1) is 12.7 Å². The molecule has 2 rings (SSSR count). The Bertz CT molecular complexity index is 466. The van der Waals surface area contributed by atoms with Crippen molar-refractivity contribution in [1.82, 2.24) is 5.32 Å². The number of benzene rings is 1. The third kappa shape index (κ3) is 3.67. The van der Waals surface area contributed by atoms with E-state index in [1.807, 2.05) is 36.6 Å². The van der Waals surface area contributed by atoms with Gasteiger partial charge in [0.2, 0.25) is 0 Å². The van der Waals surface area contributed by atoms with Gasteiger partial charge in [0.25, 0.3) is 0 Å². The molecule has 1 heterocycles. The lowest BCUT2D eigenvalue weighted by Gasteiger charge is -2.12. The van der Waals surface area contributed by atoms with Crippen LogP contribution in [0.5, 0.6) is 0 Å². The molecule has 2 nitrogen and oxygen atoms in total. The van der Waals surface area contributed by atoms with E-state index in [1.165, 1.54) is 15.3 Å². The van der Waals surface area contributed by atoms with Gasteiger partial charge in [-0.2, -0.15) is 0 Å². The number of rotatable bonds is 6. The quantitative estimate of drug-likeness (QED) is 0.855. The molecule has 0 amide bonds. The molecule has 1 unspecified atom stereocenters. The van der Waals surface area contributed by atoms with E-state index in [0.717, 1.165) is 6.54 Å². The number of ether oxygens (including phenoxy) is 1. The van der Waals surface area contributed by atoms with Crippen molar-refractivity contribution in [2.75, 3.05) is 7.05 Å². The summed E-state index contributed by atoms with van der Waals surface area (Å²) in [4.78, 5) is 2.63. The average molecular weight is 261 g/mol. The zero-order chi connectivity index (χ0) is 12.8. The Morgan fingerprint density at radius 3 is 2.56 bits per heavy atom. The molecule has 3 heteroatoms. The molecule has 0 spiro atoms. The maximum atomic E-state index is 5.90. The van der Waals surface area contributed by atoms with Crippen molar-refractivity contribution in [3.8, 4) is 0 Å². The molecule has 0 saturated heterocycles. The van der Waals surface area contributed by atoms with Gasteiger partial charge in [-0.15, -0.1) is 11.3 Å². The minimum atomic E-state index is 0.140. The normalized spacial score (nSPS) is 12.6. The van der Waals surface area contributed by atoms with Crippen molar-refractivity contribution in [2.24, 2.45) is 0 Å². The summed E-state index contributed by atoms with van der Waals surface area (Å²) < 4.78 is 5.90. The molecule has 0 fully saturated rings. The molecule has 1 N–H and O–H groups in total. The van der Waals surface area contributed by atoms with Crippen LogP contribution in [0.1, 0.15) is 28.3 Å². The largest absolute Gasteiger partial charge is 0.368 e. The van der Waals surface area contributed by atoms with E-state index >= 15 is 0 Å². The van der Waals surface area contributed by atoms with Gasteiger partial charge in [0.1, 0.15) is 0 Å². The highest BCUT2D eigenvalue weighted by Gasteiger charge is 2.06. The van der Waals surface area contributed by atoms with E-state index < -0.39 is 0 Å². The fourth-order valence-electron chi connectivity index (χ4n) is 1.80. The Morgan fingerprint density at radius 1 is 1.11 bits per heavy atom. The van der Waals surface area contributed by atoms with Crippen LogP contribution in [0, 0.1) is 0 Å². The molecule has 0 bridgehead atoms. The third-order valence-corrected chi connectivity index (χ3v) is 3.87. The van der Waals surface area contributed by atoms with Gasteiger partial charge < -0.3 is 10.1 Å². The van der Waals surface area contributed by atoms with E-state index in [2.05, 4.69) is 36.5 Å². The van der Waals surface area contributed by atoms with Crippen molar-refractivity contribution in [2.45, 2.75) is 26.2 Å². The lowest BCUT2D eigenvalue weighted by molar-refractivity contribution is 0.0542. The lowest BCUT2D eigenvalue weighted by Crippen LogP contribution is -2.02. The minimum Gasteiger partial charge on any atom is -0.368 e. The molecule has 0 radical (unpaired) electrons. The molecule has 0 aliphatic carbocycles. The van der Waals surface area contributed by atoms with Gasteiger partial charge in [0, 0.05) is 16.3 Å². The van der Waals surface area contributed by atoms with Crippen LogP contribution in [0.3, 0.4) is 0 Å². The van der Waals surface area contributed by atoms with Crippen molar-refractivity contribution in [3.63, 3.8) is 0 Å². The Labute approximate surface area is 113 Å². The summed E-state index contributed by atoms with van der Waals surface area (Å²) in [5.41, 5.74) is 1.23. The van der Waals surface area contributed by atoms with Crippen LogP contribution in [-0.2, 0) is 17.9 Å². The fourth-order valence-corrected chi connectivity index (χ4v) is 2.75. The second-order valence-electron chi connectivity index (χ2n) is 4.26. The van der Waals surface area contributed by atoms with Crippen LogP contribution in [0.2, 0.25) is 0 Å². The van der Waals surface area contributed by atoms with Gasteiger partial charge in [-0.1, -0.05) is 30.3 Å². The third-order valence-electron chi connectivity index (χ3n) is 2.81. The molecular weight excluding hydrogens is 242 g/mol. The average Bonchev–Trinajstić information content (AvgIpc) is 2.85. The zero-order valence-corrected chi connectivity index (χ0v) is 11.7. The molecule has 2 aromatic rings. The first-order valence-electron chi connectivity index (χ1n) is 6.18. The summed E-state index contributed by atoms with van der Waals surface area (Å²) >= 11 is 1.81. The topological polar surface area (TPSA) is 21.3 Å². The SMILES string of the molecule is CNCc1ccc(COC(C)c2ccccc2)s1. The van der Waals surface area contributed by atoms with E-state index in [-0.39, 0.29) is 6.10 Å². The van der Waals surface area contributed by atoms with Crippen molar-refractivity contribution >= 4 is 11.3 Å². The standard InChI is InChI=1S/C15H19NOS/c1-12(13-6-4-3-5-7-13)17-11-15-9-8-14(18-15)10-16-2/h3-9,12,16H,10-11H2,1-2H3. The highest BCUT2D eigenvalue weighted by Crippen LogP contribution is 2.22. The van der Waals surface area contributed by atoms with E-state index in [9.17, 15) is 0 Å². The van der Waals surface area contributed by atoms with Crippen LogP contribution in [0.25, 0.3) is 0 Å². The zero-order valence-electron chi connectivity index (χ0n) is 10.8. The summed E-state index contributed by atoms with van der Waals surface area (Å²) in [7, 11) is 1.97. The van der Waals surface area contributed by atoms with Gasteiger partial charge >= 0.3 is 0 Å². The summed E-state index contributed by atoms with van der Waals surface area (Å²) in [6.07, 6.45) is 0.140. The van der Waals surface area contributed by atoms with Crippen LogP contribution >= 0.6 is 11.3 Å². The van der Waals surface area contributed by atoms with Crippen LogP contribution in [-0.4, -0.2) is 7.05 Å². The smallest absolute Gasteiger partial charge is 0.0817 e. The number of nitrogens with one attached hydrogen (secondary N) is 1. The van der Waals surface area contributed by atoms with Crippen LogP contribution < -0.4 is 5.32 Å². The second kappa shape index (κ2) is 6.69. The highest BCUT2D eigenvalue weighted by molar-refractivity contribution is 7.11. The molecule has 96 valence electrons. The molecule has 0 aliphatic rings. The first-order valence-corrected chi connectivity index (χ1v) is 7.00. The Kier molecular flexibility index (Phi) is 4.93.